The van der Waals surface area contributed by atoms with Gasteiger partial charge in [-0.2, -0.15) is 5.26 Å². The highest BCUT2D eigenvalue weighted by atomic mass is 16.5. The van der Waals surface area contributed by atoms with Crippen molar-refractivity contribution in [2.45, 2.75) is 12.8 Å². The maximum Gasteiger partial charge on any atom is 0.122 e. The highest BCUT2D eigenvalue weighted by molar-refractivity contribution is 5.49. The molecule has 0 unspecified atom stereocenters. The number of hydrogen-bond acceptors (Lipinski definition) is 3. The van der Waals surface area contributed by atoms with E-state index < -0.39 is 0 Å². The summed E-state index contributed by atoms with van der Waals surface area (Å²) < 4.78 is 5.51. The van der Waals surface area contributed by atoms with Crippen molar-refractivity contribution < 1.29 is 4.74 Å². The molecule has 0 radical (unpaired) electrons. The molecule has 1 heterocycles. The smallest absolute Gasteiger partial charge is 0.122 e. The topological polar surface area (TPSA) is 45.0 Å². The van der Waals surface area contributed by atoms with E-state index in [9.17, 15) is 0 Å². The lowest BCUT2D eigenvalue weighted by Gasteiger charge is -2.07. The number of ether oxygens (including phenoxy) is 1. The second-order valence-corrected chi connectivity index (χ2v) is 4.91. The molecule has 0 fully saturated rings. The molecule has 0 bridgehead atoms. The van der Waals surface area contributed by atoms with Gasteiger partial charge in [-0.3, -0.25) is 0 Å². The molecule has 2 aromatic rings. The minimum Gasteiger partial charge on any atom is -0.493 e. The van der Waals surface area contributed by atoms with Gasteiger partial charge in [-0.15, -0.1) is 0 Å². The summed E-state index contributed by atoms with van der Waals surface area (Å²) >= 11 is 0. The molecule has 0 saturated carbocycles. The molecule has 0 atom stereocenters. The van der Waals surface area contributed by atoms with Gasteiger partial charge in [0.1, 0.15) is 5.75 Å². The van der Waals surface area contributed by atoms with Crippen LogP contribution in [0.3, 0.4) is 0 Å². The minimum atomic E-state index is 0.685. The van der Waals surface area contributed by atoms with Crippen molar-refractivity contribution in [1.82, 2.24) is 0 Å². The van der Waals surface area contributed by atoms with Crippen LogP contribution in [0.4, 0.5) is 5.69 Å². The number of hydrogen-bond donors (Lipinski definition) is 1. The molecule has 1 aliphatic rings. The fraction of sp³-hybridized carbons (Fsp3) is 0.235. The Labute approximate surface area is 118 Å². The summed E-state index contributed by atoms with van der Waals surface area (Å²) in [6, 6.07) is 16.1. The molecular weight excluding hydrogens is 248 g/mol. The quantitative estimate of drug-likeness (QED) is 0.922. The zero-order valence-electron chi connectivity index (χ0n) is 11.2. The number of nitrogens with zero attached hydrogens (tertiary/aromatic N) is 1. The number of fused-ring (bicyclic) bond motifs is 1. The van der Waals surface area contributed by atoms with Gasteiger partial charge < -0.3 is 10.1 Å². The van der Waals surface area contributed by atoms with Crippen molar-refractivity contribution in [3.05, 3.63) is 59.2 Å². The van der Waals surface area contributed by atoms with Crippen LogP contribution in [0.5, 0.6) is 5.75 Å². The van der Waals surface area contributed by atoms with Crippen LogP contribution < -0.4 is 10.1 Å². The summed E-state index contributed by atoms with van der Waals surface area (Å²) in [5.74, 6) is 1.03. The van der Waals surface area contributed by atoms with Gasteiger partial charge in [0.25, 0.3) is 0 Å². The summed E-state index contributed by atoms with van der Waals surface area (Å²) in [6.07, 6.45) is 1.98. The molecule has 3 nitrogen and oxygen atoms in total. The van der Waals surface area contributed by atoms with E-state index in [0.29, 0.717) is 5.56 Å². The van der Waals surface area contributed by atoms with Gasteiger partial charge in [-0.05, 0) is 41.8 Å². The van der Waals surface area contributed by atoms with Gasteiger partial charge in [-0.1, -0.05) is 18.2 Å². The van der Waals surface area contributed by atoms with Crippen LogP contribution in [0.25, 0.3) is 0 Å². The van der Waals surface area contributed by atoms with E-state index in [4.69, 9.17) is 10.00 Å². The molecular formula is C17H16N2O. The number of rotatable bonds is 4. The molecule has 2 aromatic carbocycles. The molecule has 20 heavy (non-hydrogen) atoms. The average molecular weight is 264 g/mol. The highest BCUT2D eigenvalue weighted by Gasteiger charge is 2.11. The third-order valence-corrected chi connectivity index (χ3v) is 3.49. The molecule has 1 aliphatic heterocycles. The van der Waals surface area contributed by atoms with Crippen LogP contribution in [-0.2, 0) is 12.8 Å². The van der Waals surface area contributed by atoms with E-state index in [1.54, 1.807) is 0 Å². The average Bonchev–Trinajstić information content (AvgIpc) is 2.95. The summed E-state index contributed by atoms with van der Waals surface area (Å²) in [5, 5.41) is 12.2. The second kappa shape index (κ2) is 5.66. The van der Waals surface area contributed by atoms with Crippen LogP contribution in [0.2, 0.25) is 0 Å². The van der Waals surface area contributed by atoms with Crippen LogP contribution in [0.1, 0.15) is 16.7 Å². The van der Waals surface area contributed by atoms with Gasteiger partial charge in [0.05, 0.1) is 18.2 Å². The maximum absolute atomic E-state index is 8.87. The first-order chi connectivity index (χ1) is 9.85. The molecule has 3 heteroatoms. The standard InChI is InChI=1S/C17H16N2O/c18-12-14-2-1-3-16(11-14)19-8-6-13-4-5-17-15(10-13)7-9-20-17/h1-5,10-11,19H,6-9H2. The highest BCUT2D eigenvalue weighted by Crippen LogP contribution is 2.26. The number of anilines is 1. The zero-order valence-corrected chi connectivity index (χ0v) is 11.2. The zero-order chi connectivity index (χ0) is 13.8. The van der Waals surface area contributed by atoms with E-state index in [0.717, 1.165) is 37.4 Å². The van der Waals surface area contributed by atoms with Crippen molar-refractivity contribution in [3.8, 4) is 11.8 Å². The third kappa shape index (κ3) is 2.75. The van der Waals surface area contributed by atoms with E-state index in [-0.39, 0.29) is 0 Å². The molecule has 100 valence electrons. The minimum absolute atomic E-state index is 0.685. The first-order valence-electron chi connectivity index (χ1n) is 6.84. The van der Waals surface area contributed by atoms with Crippen molar-refractivity contribution in [3.63, 3.8) is 0 Å². The van der Waals surface area contributed by atoms with Gasteiger partial charge in [-0.25, -0.2) is 0 Å². The summed E-state index contributed by atoms with van der Waals surface area (Å²) in [6.45, 7) is 1.66. The lowest BCUT2D eigenvalue weighted by atomic mass is 10.1. The fourth-order valence-corrected chi connectivity index (χ4v) is 2.45. The monoisotopic (exact) mass is 264 g/mol. The first kappa shape index (κ1) is 12.6. The van der Waals surface area contributed by atoms with Crippen molar-refractivity contribution >= 4 is 5.69 Å². The fourth-order valence-electron chi connectivity index (χ4n) is 2.45. The van der Waals surface area contributed by atoms with E-state index in [2.05, 4.69) is 29.6 Å². The Kier molecular flexibility index (Phi) is 3.56. The van der Waals surface area contributed by atoms with E-state index >= 15 is 0 Å². The first-order valence-corrected chi connectivity index (χ1v) is 6.84. The largest absolute Gasteiger partial charge is 0.493 e. The predicted octanol–water partition coefficient (Wildman–Crippen LogP) is 3.15. The molecule has 0 amide bonds. The second-order valence-electron chi connectivity index (χ2n) is 4.91. The van der Waals surface area contributed by atoms with Gasteiger partial charge in [0.2, 0.25) is 0 Å². The maximum atomic E-state index is 8.87. The summed E-state index contributed by atoms with van der Waals surface area (Å²) in [5.41, 5.74) is 4.31. The van der Waals surface area contributed by atoms with Crippen LogP contribution in [0, 0.1) is 11.3 Å². The van der Waals surface area contributed by atoms with Crippen LogP contribution >= 0.6 is 0 Å². The normalized spacial score (nSPS) is 12.3. The number of nitrogens with one attached hydrogen (secondary N) is 1. The van der Waals surface area contributed by atoms with Crippen LogP contribution in [-0.4, -0.2) is 13.2 Å². The summed E-state index contributed by atoms with van der Waals surface area (Å²) in [7, 11) is 0. The molecule has 1 N–H and O–H groups in total. The van der Waals surface area contributed by atoms with Gasteiger partial charge in [0, 0.05) is 18.7 Å². The molecule has 0 aliphatic carbocycles. The Morgan fingerprint density at radius 3 is 3.05 bits per heavy atom. The van der Waals surface area contributed by atoms with Crippen molar-refractivity contribution in [2.75, 3.05) is 18.5 Å². The van der Waals surface area contributed by atoms with E-state index in [1.807, 2.05) is 24.3 Å². The SMILES string of the molecule is N#Cc1cccc(NCCc2ccc3c(c2)CCO3)c1. The van der Waals surface area contributed by atoms with Gasteiger partial charge >= 0.3 is 0 Å². The van der Waals surface area contributed by atoms with E-state index in [1.165, 1.54) is 11.1 Å². The lowest BCUT2D eigenvalue weighted by Crippen LogP contribution is -2.05. The molecule has 0 aromatic heterocycles. The number of benzene rings is 2. The van der Waals surface area contributed by atoms with Crippen LogP contribution in [0.15, 0.2) is 42.5 Å². The number of nitriles is 1. The molecule has 0 saturated heterocycles. The Morgan fingerprint density at radius 2 is 2.15 bits per heavy atom. The Balaban J connectivity index is 1.58. The summed E-state index contributed by atoms with van der Waals surface area (Å²) in [4.78, 5) is 0. The molecule has 0 spiro atoms. The molecule has 3 rings (SSSR count). The Bertz CT molecular complexity index is 658. The van der Waals surface area contributed by atoms with Gasteiger partial charge in [0.15, 0.2) is 0 Å². The lowest BCUT2D eigenvalue weighted by molar-refractivity contribution is 0.357. The van der Waals surface area contributed by atoms with Crippen molar-refractivity contribution in [1.29, 1.82) is 5.26 Å². The third-order valence-electron chi connectivity index (χ3n) is 3.49. The van der Waals surface area contributed by atoms with Crippen molar-refractivity contribution in [2.24, 2.45) is 0 Å². The predicted molar refractivity (Wildman–Crippen MR) is 79.0 cm³/mol. The Hall–Kier alpha value is -2.47. The Morgan fingerprint density at radius 1 is 1.20 bits per heavy atom.